The molecule has 1 heterocycles. The van der Waals surface area contributed by atoms with Gasteiger partial charge in [0.15, 0.2) is 0 Å². The Morgan fingerprint density at radius 3 is 2.52 bits per heavy atom. The van der Waals surface area contributed by atoms with Crippen molar-refractivity contribution in [2.75, 3.05) is 16.9 Å². The number of amides is 1. The highest BCUT2D eigenvalue weighted by atomic mass is 32.2. The molecule has 3 rings (SSSR count). The van der Waals surface area contributed by atoms with Gasteiger partial charge in [-0.1, -0.05) is 12.1 Å². The summed E-state index contributed by atoms with van der Waals surface area (Å²) in [5.74, 6) is 0.823. The van der Waals surface area contributed by atoms with Gasteiger partial charge in [0, 0.05) is 34.4 Å². The molecule has 1 aromatic heterocycles. The number of nitrogens with zero attached hydrogens (tertiary/aromatic N) is 1. The third-order valence-electron chi connectivity index (χ3n) is 3.71. The summed E-state index contributed by atoms with van der Waals surface area (Å²) in [6, 6.07) is 11.4. The third kappa shape index (κ3) is 4.39. The number of carbonyl (C=O) groups is 1. The van der Waals surface area contributed by atoms with Gasteiger partial charge in [0.1, 0.15) is 5.82 Å². The van der Waals surface area contributed by atoms with E-state index in [0.29, 0.717) is 12.4 Å². The Labute approximate surface area is 138 Å². The first-order chi connectivity index (χ1) is 11.1. The molecule has 1 aliphatic rings. The standard InChI is InChI=1S/C17H19N3O2S/c1-23(22)15-7-2-12(3-8-15)10-18-14-6-9-16(19-11-14)20-17(21)13-4-5-13/h2-3,6-9,11,13,18H,4-5,10H2,1H3,(H,19,20,21). The Balaban J connectivity index is 1.53. The van der Waals surface area contributed by atoms with Gasteiger partial charge in [-0.05, 0) is 42.7 Å². The molecule has 0 aliphatic heterocycles. The molecule has 1 aromatic carbocycles. The number of aromatic nitrogens is 1. The van der Waals surface area contributed by atoms with E-state index in [2.05, 4.69) is 15.6 Å². The van der Waals surface area contributed by atoms with Gasteiger partial charge in [0.2, 0.25) is 5.91 Å². The van der Waals surface area contributed by atoms with Gasteiger partial charge in [-0.15, -0.1) is 0 Å². The third-order valence-corrected chi connectivity index (χ3v) is 4.65. The Morgan fingerprint density at radius 2 is 1.96 bits per heavy atom. The maximum atomic E-state index is 11.7. The second-order valence-corrected chi connectivity index (χ2v) is 7.03. The molecule has 1 fully saturated rings. The van der Waals surface area contributed by atoms with Crippen LogP contribution in [0.4, 0.5) is 11.5 Å². The van der Waals surface area contributed by atoms with Gasteiger partial charge in [-0.25, -0.2) is 4.98 Å². The van der Waals surface area contributed by atoms with Crippen LogP contribution in [-0.4, -0.2) is 21.4 Å². The fraction of sp³-hybridized carbons (Fsp3) is 0.294. The zero-order valence-electron chi connectivity index (χ0n) is 12.9. The largest absolute Gasteiger partial charge is 0.380 e. The van der Waals surface area contributed by atoms with Gasteiger partial charge < -0.3 is 10.6 Å². The molecular weight excluding hydrogens is 310 g/mol. The highest BCUT2D eigenvalue weighted by molar-refractivity contribution is 7.84. The molecule has 1 aliphatic carbocycles. The van der Waals surface area contributed by atoms with Crippen LogP contribution in [0.5, 0.6) is 0 Å². The number of nitrogens with one attached hydrogen (secondary N) is 2. The fourth-order valence-electron chi connectivity index (χ4n) is 2.15. The van der Waals surface area contributed by atoms with Crippen LogP contribution in [0, 0.1) is 5.92 Å². The zero-order chi connectivity index (χ0) is 16.2. The lowest BCUT2D eigenvalue weighted by Crippen LogP contribution is -2.14. The molecule has 0 spiro atoms. The first-order valence-electron chi connectivity index (χ1n) is 7.55. The molecule has 5 nitrogen and oxygen atoms in total. The lowest BCUT2D eigenvalue weighted by molar-refractivity contribution is -0.117. The first kappa shape index (κ1) is 15.7. The number of hydrogen-bond donors (Lipinski definition) is 2. The molecule has 23 heavy (non-hydrogen) atoms. The minimum Gasteiger partial charge on any atom is -0.380 e. The van der Waals surface area contributed by atoms with Crippen LogP contribution >= 0.6 is 0 Å². The predicted octanol–water partition coefficient (Wildman–Crippen LogP) is 2.78. The minimum atomic E-state index is -0.949. The molecule has 0 bridgehead atoms. The van der Waals surface area contributed by atoms with E-state index in [1.165, 1.54) is 0 Å². The van der Waals surface area contributed by atoms with Crippen LogP contribution in [-0.2, 0) is 22.1 Å². The Kier molecular flexibility index (Phi) is 4.71. The molecule has 1 atom stereocenters. The second kappa shape index (κ2) is 6.91. The normalized spacial score (nSPS) is 15.0. The first-order valence-corrected chi connectivity index (χ1v) is 9.11. The van der Waals surface area contributed by atoms with E-state index < -0.39 is 10.8 Å². The molecule has 1 amide bonds. The van der Waals surface area contributed by atoms with Gasteiger partial charge in [0.25, 0.3) is 0 Å². The second-order valence-electron chi connectivity index (χ2n) is 5.65. The molecule has 2 aromatic rings. The van der Waals surface area contributed by atoms with Crippen LogP contribution in [0.2, 0.25) is 0 Å². The van der Waals surface area contributed by atoms with Crippen LogP contribution in [0.1, 0.15) is 18.4 Å². The van der Waals surface area contributed by atoms with Crippen LogP contribution < -0.4 is 10.6 Å². The van der Waals surface area contributed by atoms with E-state index >= 15 is 0 Å². The van der Waals surface area contributed by atoms with Crippen LogP contribution in [0.25, 0.3) is 0 Å². The molecule has 1 unspecified atom stereocenters. The van der Waals surface area contributed by atoms with Gasteiger partial charge in [-0.2, -0.15) is 0 Å². The molecule has 1 saturated carbocycles. The fourth-order valence-corrected chi connectivity index (χ4v) is 2.67. The molecular formula is C17H19N3O2S. The van der Waals surface area contributed by atoms with Crippen molar-refractivity contribution in [3.8, 4) is 0 Å². The zero-order valence-corrected chi connectivity index (χ0v) is 13.7. The Bertz CT molecular complexity index is 710. The van der Waals surface area contributed by atoms with Crippen molar-refractivity contribution in [3.05, 3.63) is 48.2 Å². The summed E-state index contributed by atoms with van der Waals surface area (Å²) in [4.78, 5) is 16.7. The molecule has 2 N–H and O–H groups in total. The van der Waals surface area contributed by atoms with Crippen molar-refractivity contribution < 1.29 is 9.00 Å². The molecule has 0 saturated heterocycles. The highest BCUT2D eigenvalue weighted by Gasteiger charge is 2.29. The van der Waals surface area contributed by atoms with Gasteiger partial charge >= 0.3 is 0 Å². The van der Waals surface area contributed by atoms with Gasteiger partial charge in [-0.3, -0.25) is 9.00 Å². The number of pyridine rings is 1. The maximum Gasteiger partial charge on any atom is 0.228 e. The average molecular weight is 329 g/mol. The molecule has 0 radical (unpaired) electrons. The molecule has 120 valence electrons. The topological polar surface area (TPSA) is 71.1 Å². The predicted molar refractivity (Wildman–Crippen MR) is 91.7 cm³/mol. The summed E-state index contributed by atoms with van der Waals surface area (Å²) in [7, 11) is -0.949. The number of carbonyl (C=O) groups excluding carboxylic acids is 1. The van der Waals surface area contributed by atoms with Crippen LogP contribution in [0.3, 0.4) is 0 Å². The van der Waals surface area contributed by atoms with E-state index in [1.807, 2.05) is 30.3 Å². The summed E-state index contributed by atoms with van der Waals surface area (Å²) in [5, 5.41) is 6.09. The SMILES string of the molecule is CS(=O)c1ccc(CNc2ccc(NC(=O)C3CC3)nc2)cc1. The van der Waals surface area contributed by atoms with Crippen LogP contribution in [0.15, 0.2) is 47.5 Å². The average Bonchev–Trinajstić information content (AvgIpc) is 3.39. The minimum absolute atomic E-state index is 0.0617. The van der Waals surface area contributed by atoms with E-state index in [0.717, 1.165) is 29.0 Å². The molecule has 6 heteroatoms. The smallest absolute Gasteiger partial charge is 0.228 e. The summed E-state index contributed by atoms with van der Waals surface area (Å²) in [6.45, 7) is 0.659. The quantitative estimate of drug-likeness (QED) is 0.855. The van der Waals surface area contributed by atoms with Crippen molar-refractivity contribution in [1.82, 2.24) is 4.98 Å². The number of rotatable bonds is 6. The summed E-state index contributed by atoms with van der Waals surface area (Å²) < 4.78 is 11.3. The summed E-state index contributed by atoms with van der Waals surface area (Å²) in [6.07, 6.45) is 5.34. The van der Waals surface area contributed by atoms with Gasteiger partial charge in [0.05, 0.1) is 11.9 Å². The van der Waals surface area contributed by atoms with Crippen molar-refractivity contribution >= 4 is 28.2 Å². The van der Waals surface area contributed by atoms with Crippen molar-refractivity contribution in [2.24, 2.45) is 5.92 Å². The van der Waals surface area contributed by atoms with Crippen molar-refractivity contribution in [1.29, 1.82) is 0 Å². The van der Waals surface area contributed by atoms with Crippen molar-refractivity contribution in [2.45, 2.75) is 24.3 Å². The monoisotopic (exact) mass is 329 g/mol. The van der Waals surface area contributed by atoms with E-state index in [9.17, 15) is 9.00 Å². The number of benzene rings is 1. The van der Waals surface area contributed by atoms with E-state index in [4.69, 9.17) is 0 Å². The summed E-state index contributed by atoms with van der Waals surface area (Å²) >= 11 is 0. The van der Waals surface area contributed by atoms with E-state index in [1.54, 1.807) is 18.5 Å². The lowest BCUT2D eigenvalue weighted by atomic mass is 10.2. The van der Waals surface area contributed by atoms with Crippen molar-refractivity contribution in [3.63, 3.8) is 0 Å². The number of hydrogen-bond acceptors (Lipinski definition) is 4. The Hall–Kier alpha value is -2.21. The van der Waals surface area contributed by atoms with E-state index in [-0.39, 0.29) is 11.8 Å². The maximum absolute atomic E-state index is 11.7. The summed E-state index contributed by atoms with van der Waals surface area (Å²) in [5.41, 5.74) is 1.99. The highest BCUT2D eigenvalue weighted by Crippen LogP contribution is 2.29. The lowest BCUT2D eigenvalue weighted by Gasteiger charge is -2.08. The Morgan fingerprint density at radius 1 is 1.22 bits per heavy atom. The number of anilines is 2.